The Morgan fingerprint density at radius 3 is 2.08 bits per heavy atom. The molecule has 0 aromatic carbocycles. The third kappa shape index (κ3) is 2.42. The van der Waals surface area contributed by atoms with E-state index < -0.39 is 5.60 Å². The molecule has 0 saturated carbocycles. The fourth-order valence-corrected chi connectivity index (χ4v) is 1.60. The number of hydrogen-bond donors (Lipinski definition) is 2. The second kappa shape index (κ2) is 3.56. The molecule has 2 N–H and O–H groups in total. The van der Waals surface area contributed by atoms with E-state index in [9.17, 15) is 10.2 Å². The Balaban J connectivity index is 2.33. The number of likely N-dealkylation sites (tertiary alicyclic amines) is 1. The minimum Gasteiger partial charge on any atom is -0.392 e. The van der Waals surface area contributed by atoms with Crippen LogP contribution in [0.2, 0.25) is 0 Å². The summed E-state index contributed by atoms with van der Waals surface area (Å²) in [5, 5.41) is 19.0. The largest absolute Gasteiger partial charge is 0.392 e. The molecule has 13 heavy (non-hydrogen) atoms. The van der Waals surface area contributed by atoms with Gasteiger partial charge in [-0.3, -0.25) is 4.90 Å². The molecular formula is C10H21NO2. The summed E-state index contributed by atoms with van der Waals surface area (Å²) in [5.74, 6) is 0.355. The van der Waals surface area contributed by atoms with Crippen LogP contribution in [0.4, 0.5) is 0 Å². The van der Waals surface area contributed by atoms with Crippen LogP contribution in [0.3, 0.4) is 0 Å². The van der Waals surface area contributed by atoms with E-state index in [1.807, 2.05) is 27.7 Å². The van der Waals surface area contributed by atoms with Crippen LogP contribution in [0.25, 0.3) is 0 Å². The predicted octanol–water partition coefficient (Wildman–Crippen LogP) is 0.458. The van der Waals surface area contributed by atoms with Crippen LogP contribution in [-0.4, -0.2) is 45.9 Å². The number of rotatable bonds is 3. The molecule has 0 radical (unpaired) electrons. The van der Waals surface area contributed by atoms with E-state index in [4.69, 9.17) is 0 Å². The lowest BCUT2D eigenvalue weighted by atomic mass is 9.83. The molecular weight excluding hydrogens is 166 g/mol. The van der Waals surface area contributed by atoms with E-state index in [0.717, 1.165) is 13.1 Å². The highest BCUT2D eigenvalue weighted by Gasteiger charge is 2.39. The van der Waals surface area contributed by atoms with Crippen LogP contribution in [-0.2, 0) is 0 Å². The summed E-state index contributed by atoms with van der Waals surface area (Å²) in [6, 6.07) is 0.207. The molecule has 0 aromatic heterocycles. The molecule has 3 nitrogen and oxygen atoms in total. The standard InChI is InChI=1S/C10H21NO2/c1-7(8(2)12)11-5-9(6-11)10(3,4)13/h7-9,12-13H,5-6H2,1-4H3. The minimum atomic E-state index is -0.574. The van der Waals surface area contributed by atoms with Crippen LogP contribution in [0, 0.1) is 5.92 Å². The minimum absolute atomic E-state index is 0.207. The van der Waals surface area contributed by atoms with Crippen molar-refractivity contribution in [3.63, 3.8) is 0 Å². The first-order valence-corrected chi connectivity index (χ1v) is 4.97. The molecule has 3 heteroatoms. The van der Waals surface area contributed by atoms with Gasteiger partial charge < -0.3 is 10.2 Å². The molecule has 1 aliphatic rings. The molecule has 1 fully saturated rings. The number of nitrogens with zero attached hydrogens (tertiary/aromatic N) is 1. The Bertz CT molecular complexity index is 168. The summed E-state index contributed by atoms with van der Waals surface area (Å²) in [6.45, 7) is 9.32. The van der Waals surface area contributed by atoms with Gasteiger partial charge in [0.25, 0.3) is 0 Å². The van der Waals surface area contributed by atoms with Gasteiger partial charge in [-0.25, -0.2) is 0 Å². The summed E-state index contributed by atoms with van der Waals surface area (Å²) in [4.78, 5) is 2.20. The van der Waals surface area contributed by atoms with E-state index >= 15 is 0 Å². The van der Waals surface area contributed by atoms with Crippen molar-refractivity contribution in [1.29, 1.82) is 0 Å². The van der Waals surface area contributed by atoms with E-state index in [-0.39, 0.29) is 12.1 Å². The van der Waals surface area contributed by atoms with Crippen molar-refractivity contribution in [1.82, 2.24) is 4.90 Å². The van der Waals surface area contributed by atoms with Crippen LogP contribution in [0.5, 0.6) is 0 Å². The Morgan fingerprint density at radius 2 is 1.77 bits per heavy atom. The number of hydrogen-bond acceptors (Lipinski definition) is 3. The molecule has 78 valence electrons. The zero-order valence-corrected chi connectivity index (χ0v) is 8.99. The van der Waals surface area contributed by atoms with Crippen molar-refractivity contribution in [3.05, 3.63) is 0 Å². The fourth-order valence-electron chi connectivity index (χ4n) is 1.60. The summed E-state index contributed by atoms with van der Waals surface area (Å²) in [6.07, 6.45) is -0.289. The Kier molecular flexibility index (Phi) is 3.00. The first-order chi connectivity index (χ1) is 5.82. The number of aliphatic hydroxyl groups excluding tert-OH is 1. The molecule has 0 amide bonds. The van der Waals surface area contributed by atoms with Crippen molar-refractivity contribution >= 4 is 0 Å². The molecule has 1 heterocycles. The average Bonchev–Trinajstić information content (AvgIpc) is 1.79. The molecule has 0 aliphatic carbocycles. The lowest BCUT2D eigenvalue weighted by Gasteiger charge is -2.48. The van der Waals surface area contributed by atoms with E-state index in [1.54, 1.807) is 0 Å². The number of aliphatic hydroxyl groups is 2. The highest BCUT2D eigenvalue weighted by atomic mass is 16.3. The third-order valence-corrected chi connectivity index (χ3v) is 3.18. The zero-order valence-electron chi connectivity index (χ0n) is 8.99. The van der Waals surface area contributed by atoms with Crippen LogP contribution < -0.4 is 0 Å². The molecule has 1 aliphatic heterocycles. The van der Waals surface area contributed by atoms with Crippen molar-refractivity contribution < 1.29 is 10.2 Å². The van der Waals surface area contributed by atoms with E-state index in [1.165, 1.54) is 0 Å². The highest BCUT2D eigenvalue weighted by molar-refractivity contribution is 4.93. The molecule has 0 bridgehead atoms. The predicted molar refractivity (Wildman–Crippen MR) is 52.5 cm³/mol. The van der Waals surface area contributed by atoms with Gasteiger partial charge in [-0.05, 0) is 27.7 Å². The Labute approximate surface area is 80.4 Å². The molecule has 0 aromatic rings. The zero-order chi connectivity index (χ0) is 10.2. The average molecular weight is 187 g/mol. The molecule has 2 unspecified atom stereocenters. The topological polar surface area (TPSA) is 43.7 Å². The van der Waals surface area contributed by atoms with Gasteiger partial charge in [0.2, 0.25) is 0 Å². The van der Waals surface area contributed by atoms with Gasteiger partial charge in [-0.1, -0.05) is 0 Å². The smallest absolute Gasteiger partial charge is 0.0664 e. The van der Waals surface area contributed by atoms with Crippen molar-refractivity contribution in [3.8, 4) is 0 Å². The van der Waals surface area contributed by atoms with Gasteiger partial charge in [0.05, 0.1) is 11.7 Å². The molecule has 1 rings (SSSR count). The van der Waals surface area contributed by atoms with Crippen LogP contribution in [0.1, 0.15) is 27.7 Å². The summed E-state index contributed by atoms with van der Waals surface area (Å²) < 4.78 is 0. The maximum absolute atomic E-state index is 9.69. The third-order valence-electron chi connectivity index (χ3n) is 3.18. The van der Waals surface area contributed by atoms with Crippen molar-refractivity contribution in [2.45, 2.75) is 45.4 Å². The Hall–Kier alpha value is -0.120. The molecule has 0 spiro atoms. The van der Waals surface area contributed by atoms with Gasteiger partial charge >= 0.3 is 0 Å². The van der Waals surface area contributed by atoms with Crippen molar-refractivity contribution in [2.24, 2.45) is 5.92 Å². The lowest BCUT2D eigenvalue weighted by Crippen LogP contribution is -2.60. The lowest BCUT2D eigenvalue weighted by molar-refractivity contribution is -0.0899. The molecule has 2 atom stereocenters. The maximum Gasteiger partial charge on any atom is 0.0664 e. The van der Waals surface area contributed by atoms with Crippen LogP contribution >= 0.6 is 0 Å². The second-order valence-corrected chi connectivity index (χ2v) is 4.79. The maximum atomic E-state index is 9.69. The highest BCUT2D eigenvalue weighted by Crippen LogP contribution is 2.28. The summed E-state index contributed by atoms with van der Waals surface area (Å²) >= 11 is 0. The van der Waals surface area contributed by atoms with Gasteiger partial charge in [0, 0.05) is 25.0 Å². The summed E-state index contributed by atoms with van der Waals surface area (Å²) in [5.41, 5.74) is -0.574. The second-order valence-electron chi connectivity index (χ2n) is 4.79. The van der Waals surface area contributed by atoms with E-state index in [0.29, 0.717) is 5.92 Å². The van der Waals surface area contributed by atoms with Gasteiger partial charge in [0.1, 0.15) is 0 Å². The SMILES string of the molecule is CC(O)C(C)N1CC(C(C)(C)O)C1. The quantitative estimate of drug-likeness (QED) is 0.674. The summed E-state index contributed by atoms with van der Waals surface area (Å²) in [7, 11) is 0. The Morgan fingerprint density at radius 1 is 1.31 bits per heavy atom. The monoisotopic (exact) mass is 187 g/mol. The first kappa shape index (κ1) is 11.0. The fraction of sp³-hybridized carbons (Fsp3) is 1.00. The van der Waals surface area contributed by atoms with E-state index in [2.05, 4.69) is 4.90 Å². The van der Waals surface area contributed by atoms with Crippen molar-refractivity contribution in [2.75, 3.05) is 13.1 Å². The van der Waals surface area contributed by atoms with Gasteiger partial charge in [0.15, 0.2) is 0 Å². The van der Waals surface area contributed by atoms with Gasteiger partial charge in [-0.2, -0.15) is 0 Å². The molecule has 1 saturated heterocycles. The first-order valence-electron chi connectivity index (χ1n) is 4.97. The van der Waals surface area contributed by atoms with Crippen LogP contribution in [0.15, 0.2) is 0 Å². The van der Waals surface area contributed by atoms with Gasteiger partial charge in [-0.15, -0.1) is 0 Å². The normalized spacial score (nSPS) is 25.4.